The highest BCUT2D eigenvalue weighted by molar-refractivity contribution is 6.39. The lowest BCUT2D eigenvalue weighted by molar-refractivity contribution is 0.670. The molecule has 11 aromatic rings. The Morgan fingerprint density at radius 3 is 1.39 bits per heavy atom. The first-order valence-electron chi connectivity index (χ1n) is 16.9. The van der Waals surface area contributed by atoms with Gasteiger partial charge in [0.05, 0.1) is 0 Å². The molecule has 0 aliphatic heterocycles. The van der Waals surface area contributed by atoms with E-state index in [-0.39, 0.29) is 0 Å². The maximum absolute atomic E-state index is 6.48. The van der Waals surface area contributed by atoms with E-state index in [1.54, 1.807) is 0 Å². The molecule has 0 unspecified atom stereocenters. The Morgan fingerprint density at radius 1 is 0.265 bits per heavy atom. The summed E-state index contributed by atoms with van der Waals surface area (Å²) >= 11 is 0. The van der Waals surface area contributed by atoms with Crippen LogP contribution in [0.3, 0.4) is 0 Å². The molecule has 0 radical (unpaired) electrons. The molecule has 1 heterocycles. The third kappa shape index (κ3) is 3.70. The lowest BCUT2D eigenvalue weighted by Crippen LogP contribution is -1.90. The summed E-state index contributed by atoms with van der Waals surface area (Å²) in [6, 6.07) is 62.0. The van der Waals surface area contributed by atoms with E-state index in [0.29, 0.717) is 0 Å². The van der Waals surface area contributed by atoms with Crippen molar-refractivity contribution in [2.75, 3.05) is 0 Å². The second kappa shape index (κ2) is 10.0. The second-order valence-corrected chi connectivity index (χ2v) is 13.1. The molecule has 226 valence electrons. The fourth-order valence-corrected chi connectivity index (χ4v) is 8.53. The van der Waals surface area contributed by atoms with Gasteiger partial charge in [-0.3, -0.25) is 0 Å². The van der Waals surface area contributed by atoms with Crippen LogP contribution < -0.4 is 0 Å². The molecule has 1 nitrogen and oxygen atoms in total. The van der Waals surface area contributed by atoms with Gasteiger partial charge in [-0.1, -0.05) is 158 Å². The normalized spacial score (nSPS) is 12.1. The Bertz CT molecular complexity index is 3160. The predicted molar refractivity (Wildman–Crippen MR) is 210 cm³/mol. The number of hydrogen-bond acceptors (Lipinski definition) is 1. The molecule has 1 heteroatoms. The van der Waals surface area contributed by atoms with Crippen molar-refractivity contribution in [1.29, 1.82) is 0 Å². The van der Waals surface area contributed by atoms with E-state index in [0.717, 1.165) is 27.5 Å². The van der Waals surface area contributed by atoms with E-state index in [1.165, 1.54) is 81.3 Å². The van der Waals surface area contributed by atoms with Crippen molar-refractivity contribution in [2.24, 2.45) is 0 Å². The van der Waals surface area contributed by atoms with Crippen LogP contribution in [0.1, 0.15) is 0 Å². The van der Waals surface area contributed by atoms with Crippen LogP contribution in [0.5, 0.6) is 0 Å². The van der Waals surface area contributed by atoms with Crippen molar-refractivity contribution in [3.05, 3.63) is 170 Å². The van der Waals surface area contributed by atoms with Gasteiger partial charge in [0.2, 0.25) is 0 Å². The lowest BCUT2D eigenvalue weighted by atomic mass is 9.85. The Morgan fingerprint density at radius 2 is 0.735 bits per heavy atom. The fourth-order valence-electron chi connectivity index (χ4n) is 8.53. The number of fused-ring (bicyclic) bond motifs is 15. The molecular formula is C48H28O. The molecule has 0 fully saturated rings. The highest BCUT2D eigenvalue weighted by Gasteiger charge is 2.18. The molecular weight excluding hydrogens is 593 g/mol. The second-order valence-electron chi connectivity index (χ2n) is 13.1. The summed E-state index contributed by atoms with van der Waals surface area (Å²) in [6.45, 7) is 0. The Balaban J connectivity index is 1.20. The third-order valence-electron chi connectivity index (χ3n) is 10.6. The molecule has 0 bridgehead atoms. The van der Waals surface area contributed by atoms with E-state index in [1.807, 2.05) is 6.07 Å². The number of rotatable bonds is 2. The van der Waals surface area contributed by atoms with Crippen molar-refractivity contribution < 1.29 is 4.42 Å². The smallest absolute Gasteiger partial charge is 0.143 e. The largest absolute Gasteiger partial charge is 0.455 e. The van der Waals surface area contributed by atoms with Crippen LogP contribution in [0, 0.1) is 0 Å². The maximum Gasteiger partial charge on any atom is 0.143 e. The standard InChI is InChI=1S/C48H28O/c1-2-13-32-31(12-1)30(26-27-36(32)42-21-11-22-43-37-17-9-10-23-45(37)49-48(42)43)29-24-25-41-44(28-29)35-16-5-8-20-40(35)46-38-18-6-3-14-33(38)34-15-4-7-19-39(34)47(41)46/h1-28H. The van der Waals surface area contributed by atoms with E-state index < -0.39 is 0 Å². The minimum absolute atomic E-state index is 0.919. The molecule has 0 amide bonds. The van der Waals surface area contributed by atoms with Gasteiger partial charge < -0.3 is 4.42 Å². The highest BCUT2D eigenvalue weighted by Crippen LogP contribution is 2.46. The average Bonchev–Trinajstić information content (AvgIpc) is 3.56. The molecule has 0 N–H and O–H groups in total. The number of para-hydroxylation sites is 2. The van der Waals surface area contributed by atoms with Crippen LogP contribution in [0.15, 0.2) is 174 Å². The van der Waals surface area contributed by atoms with Crippen LogP contribution in [-0.2, 0) is 0 Å². The molecule has 0 atom stereocenters. The molecule has 10 aromatic carbocycles. The minimum atomic E-state index is 0.919. The average molecular weight is 621 g/mol. The fraction of sp³-hybridized carbons (Fsp3) is 0. The van der Waals surface area contributed by atoms with Gasteiger partial charge in [-0.2, -0.15) is 0 Å². The van der Waals surface area contributed by atoms with Gasteiger partial charge in [-0.05, 0) is 93.5 Å². The maximum atomic E-state index is 6.48. The summed E-state index contributed by atoms with van der Waals surface area (Å²) in [5.74, 6) is 0. The minimum Gasteiger partial charge on any atom is -0.455 e. The highest BCUT2D eigenvalue weighted by atomic mass is 16.3. The van der Waals surface area contributed by atoms with Crippen molar-refractivity contribution in [2.45, 2.75) is 0 Å². The predicted octanol–water partition coefficient (Wildman–Crippen LogP) is 13.8. The van der Waals surface area contributed by atoms with Crippen molar-refractivity contribution in [1.82, 2.24) is 0 Å². The van der Waals surface area contributed by atoms with E-state index in [4.69, 9.17) is 4.42 Å². The summed E-state index contributed by atoms with van der Waals surface area (Å²) in [5.41, 5.74) is 6.59. The van der Waals surface area contributed by atoms with Gasteiger partial charge in [-0.15, -0.1) is 0 Å². The van der Waals surface area contributed by atoms with Gasteiger partial charge >= 0.3 is 0 Å². The van der Waals surface area contributed by atoms with E-state index in [9.17, 15) is 0 Å². The van der Waals surface area contributed by atoms with Crippen LogP contribution in [0.25, 0.3) is 109 Å². The number of furan rings is 1. The Hall–Kier alpha value is -6.44. The number of hydrogen-bond donors (Lipinski definition) is 0. The van der Waals surface area contributed by atoms with Crippen LogP contribution >= 0.6 is 0 Å². The summed E-state index contributed by atoms with van der Waals surface area (Å²) in [7, 11) is 0. The summed E-state index contributed by atoms with van der Waals surface area (Å²) < 4.78 is 6.48. The number of benzene rings is 10. The molecule has 0 saturated heterocycles. The van der Waals surface area contributed by atoms with E-state index >= 15 is 0 Å². The molecule has 49 heavy (non-hydrogen) atoms. The monoisotopic (exact) mass is 620 g/mol. The SMILES string of the molecule is c1ccc2c(c1)oc1c(-c3ccc(-c4ccc5c(c4)c4ccccc4c4c6ccccc6c6ccccc6c54)c4ccccc34)cccc12. The third-order valence-corrected chi connectivity index (χ3v) is 10.6. The van der Waals surface area contributed by atoms with Gasteiger partial charge in [0, 0.05) is 16.3 Å². The molecule has 1 aromatic heterocycles. The quantitative estimate of drug-likeness (QED) is 0.175. The molecule has 11 rings (SSSR count). The zero-order chi connectivity index (χ0) is 32.1. The van der Waals surface area contributed by atoms with E-state index in [2.05, 4.69) is 164 Å². The van der Waals surface area contributed by atoms with Crippen molar-refractivity contribution in [3.8, 4) is 22.3 Å². The van der Waals surface area contributed by atoms with Crippen LogP contribution in [0.4, 0.5) is 0 Å². The topological polar surface area (TPSA) is 13.1 Å². The lowest BCUT2D eigenvalue weighted by Gasteiger charge is -2.17. The van der Waals surface area contributed by atoms with Crippen LogP contribution in [0.2, 0.25) is 0 Å². The van der Waals surface area contributed by atoms with Gasteiger partial charge in [-0.25, -0.2) is 0 Å². The molecule has 0 saturated carbocycles. The van der Waals surface area contributed by atoms with Gasteiger partial charge in [0.15, 0.2) is 0 Å². The summed E-state index contributed by atoms with van der Waals surface area (Å²) in [6.07, 6.45) is 0. The van der Waals surface area contributed by atoms with Crippen LogP contribution in [-0.4, -0.2) is 0 Å². The zero-order valence-electron chi connectivity index (χ0n) is 26.6. The summed E-state index contributed by atoms with van der Waals surface area (Å²) in [4.78, 5) is 0. The summed E-state index contributed by atoms with van der Waals surface area (Å²) in [5, 5.41) is 17.8. The Kier molecular flexibility index (Phi) is 5.45. The van der Waals surface area contributed by atoms with Gasteiger partial charge in [0.25, 0.3) is 0 Å². The Labute approximate surface area is 282 Å². The first kappa shape index (κ1) is 26.6. The zero-order valence-corrected chi connectivity index (χ0v) is 26.6. The van der Waals surface area contributed by atoms with Crippen molar-refractivity contribution in [3.63, 3.8) is 0 Å². The first-order chi connectivity index (χ1) is 24.3. The first-order valence-corrected chi connectivity index (χ1v) is 16.9. The van der Waals surface area contributed by atoms with Gasteiger partial charge in [0.1, 0.15) is 11.2 Å². The van der Waals surface area contributed by atoms with Crippen molar-refractivity contribution >= 4 is 86.6 Å². The molecule has 0 spiro atoms. The molecule has 0 aliphatic carbocycles. The molecule has 0 aliphatic rings.